The van der Waals surface area contributed by atoms with E-state index in [1.54, 1.807) is 24.3 Å². The molecule has 1 aromatic rings. The van der Waals surface area contributed by atoms with Crippen LogP contribution in [0.3, 0.4) is 0 Å². The van der Waals surface area contributed by atoms with Crippen LogP contribution in [0, 0.1) is 0 Å². The lowest BCUT2D eigenvalue weighted by Crippen LogP contribution is -2.33. The van der Waals surface area contributed by atoms with Crippen LogP contribution in [0.1, 0.15) is 36.0 Å². The van der Waals surface area contributed by atoms with E-state index in [1.165, 1.54) is 7.11 Å². The van der Waals surface area contributed by atoms with E-state index in [2.05, 4.69) is 20.7 Å². The van der Waals surface area contributed by atoms with Gasteiger partial charge < -0.3 is 20.7 Å². The van der Waals surface area contributed by atoms with Crippen molar-refractivity contribution in [1.29, 1.82) is 0 Å². The minimum Gasteiger partial charge on any atom is -0.469 e. The first-order valence-corrected chi connectivity index (χ1v) is 8.94. The minimum atomic E-state index is -0.320. The fourth-order valence-electron chi connectivity index (χ4n) is 2.05. The molecule has 0 aliphatic heterocycles. The molecule has 148 valence electrons. The summed E-state index contributed by atoms with van der Waals surface area (Å²) in [6.07, 6.45) is 0.995. The molecule has 0 spiro atoms. The number of hydrogen-bond donors (Lipinski definition) is 3. The molecule has 0 unspecified atom stereocenters. The number of benzene rings is 1. The highest BCUT2D eigenvalue weighted by molar-refractivity contribution is 6.30. The maximum Gasteiger partial charge on any atom is 0.305 e. The largest absolute Gasteiger partial charge is 0.469 e. The van der Waals surface area contributed by atoms with Gasteiger partial charge in [-0.25, -0.2) is 0 Å². The summed E-state index contributed by atoms with van der Waals surface area (Å²) in [5.74, 6) is -1.08. The highest BCUT2D eigenvalue weighted by atomic mass is 35.5. The Bertz CT molecular complexity index is 649. The first-order valence-electron chi connectivity index (χ1n) is 8.56. The van der Waals surface area contributed by atoms with Crippen molar-refractivity contribution < 1.29 is 23.9 Å². The smallest absolute Gasteiger partial charge is 0.305 e. The highest BCUT2D eigenvalue weighted by Crippen LogP contribution is 2.09. The average molecular weight is 398 g/mol. The molecule has 0 aliphatic carbocycles. The van der Waals surface area contributed by atoms with Crippen LogP contribution in [0.15, 0.2) is 24.3 Å². The molecule has 3 N–H and O–H groups in total. The van der Waals surface area contributed by atoms with Crippen molar-refractivity contribution >= 4 is 35.3 Å². The Balaban J connectivity index is 2.08. The molecule has 9 heteroatoms. The zero-order valence-electron chi connectivity index (χ0n) is 15.2. The molecule has 8 nitrogen and oxygen atoms in total. The number of carbonyl (C=O) groups is 4. The van der Waals surface area contributed by atoms with Crippen molar-refractivity contribution in [1.82, 2.24) is 16.0 Å². The second-order valence-electron chi connectivity index (χ2n) is 5.64. The van der Waals surface area contributed by atoms with Gasteiger partial charge in [0.2, 0.25) is 11.8 Å². The van der Waals surface area contributed by atoms with Gasteiger partial charge in [0.25, 0.3) is 5.91 Å². The summed E-state index contributed by atoms with van der Waals surface area (Å²) in [7, 11) is 1.31. The van der Waals surface area contributed by atoms with Crippen LogP contribution in [0.5, 0.6) is 0 Å². The summed E-state index contributed by atoms with van der Waals surface area (Å²) in [5, 5.41) is 8.44. The van der Waals surface area contributed by atoms with Crippen LogP contribution in [0.25, 0.3) is 0 Å². The maximum atomic E-state index is 11.9. The van der Waals surface area contributed by atoms with Crippen molar-refractivity contribution in [3.05, 3.63) is 34.9 Å². The lowest BCUT2D eigenvalue weighted by molar-refractivity contribution is -0.140. The van der Waals surface area contributed by atoms with Crippen LogP contribution in [-0.4, -0.2) is 50.4 Å². The summed E-state index contributed by atoms with van der Waals surface area (Å²) >= 11 is 5.76. The highest BCUT2D eigenvalue weighted by Gasteiger charge is 2.07. The van der Waals surface area contributed by atoms with E-state index in [0.29, 0.717) is 23.6 Å². The van der Waals surface area contributed by atoms with Gasteiger partial charge in [0.05, 0.1) is 7.11 Å². The van der Waals surface area contributed by atoms with Crippen molar-refractivity contribution in [2.24, 2.45) is 0 Å². The predicted octanol–water partition coefficient (Wildman–Crippen LogP) is 1.04. The van der Waals surface area contributed by atoms with E-state index in [1.807, 2.05) is 0 Å². The van der Waals surface area contributed by atoms with Crippen LogP contribution in [0.4, 0.5) is 0 Å². The standard InChI is InChI=1S/C18H24ClN3O5/c1-27-17(25)3-2-10-20-15(23)8-11-21-16(24)9-12-22-18(26)13-4-6-14(19)7-5-13/h4-7H,2-3,8-12H2,1H3,(H,20,23)(H,21,24)(H,22,26). The van der Waals surface area contributed by atoms with Crippen molar-refractivity contribution in [2.45, 2.75) is 25.7 Å². The third-order valence-electron chi connectivity index (χ3n) is 3.53. The molecule has 0 saturated carbocycles. The van der Waals surface area contributed by atoms with Gasteiger partial charge in [-0.3, -0.25) is 19.2 Å². The van der Waals surface area contributed by atoms with Crippen LogP contribution in [-0.2, 0) is 19.1 Å². The second-order valence-corrected chi connectivity index (χ2v) is 6.08. The number of halogens is 1. The number of rotatable bonds is 11. The van der Waals surface area contributed by atoms with E-state index in [9.17, 15) is 19.2 Å². The van der Waals surface area contributed by atoms with Gasteiger partial charge >= 0.3 is 5.97 Å². The summed E-state index contributed by atoms with van der Waals surface area (Å²) in [6, 6.07) is 6.43. The van der Waals surface area contributed by atoms with E-state index in [-0.39, 0.29) is 56.0 Å². The molecule has 0 bridgehead atoms. The Kier molecular flexibility index (Phi) is 10.5. The van der Waals surface area contributed by atoms with Crippen molar-refractivity contribution in [3.8, 4) is 0 Å². The quantitative estimate of drug-likeness (QED) is 0.381. The third-order valence-corrected chi connectivity index (χ3v) is 3.78. The predicted molar refractivity (Wildman–Crippen MR) is 100 cm³/mol. The zero-order valence-corrected chi connectivity index (χ0v) is 15.9. The fraction of sp³-hybridized carbons (Fsp3) is 0.444. The molecule has 3 amide bonds. The normalized spacial score (nSPS) is 10.0. The maximum absolute atomic E-state index is 11.9. The molecular formula is C18H24ClN3O5. The molecular weight excluding hydrogens is 374 g/mol. The topological polar surface area (TPSA) is 114 Å². The van der Waals surface area contributed by atoms with Gasteiger partial charge in [0.1, 0.15) is 0 Å². The monoisotopic (exact) mass is 397 g/mol. The molecule has 0 aromatic heterocycles. The van der Waals surface area contributed by atoms with Gasteiger partial charge in [-0.1, -0.05) is 11.6 Å². The molecule has 0 heterocycles. The Morgan fingerprint density at radius 1 is 0.852 bits per heavy atom. The van der Waals surface area contributed by atoms with E-state index < -0.39 is 0 Å². The van der Waals surface area contributed by atoms with Crippen molar-refractivity contribution in [3.63, 3.8) is 0 Å². The second kappa shape index (κ2) is 12.7. The lowest BCUT2D eigenvalue weighted by Gasteiger charge is -2.08. The van der Waals surface area contributed by atoms with Crippen LogP contribution in [0.2, 0.25) is 5.02 Å². The number of methoxy groups -OCH3 is 1. The van der Waals surface area contributed by atoms with E-state index in [4.69, 9.17) is 11.6 Å². The average Bonchev–Trinajstić information content (AvgIpc) is 2.65. The van der Waals surface area contributed by atoms with Gasteiger partial charge in [-0.15, -0.1) is 0 Å². The molecule has 0 saturated heterocycles. The molecule has 1 aromatic carbocycles. The number of carbonyl (C=O) groups excluding carboxylic acids is 4. The number of nitrogens with one attached hydrogen (secondary N) is 3. The minimum absolute atomic E-state index is 0.111. The summed E-state index contributed by atoms with van der Waals surface area (Å²) in [5.41, 5.74) is 0.462. The van der Waals surface area contributed by atoms with E-state index >= 15 is 0 Å². The van der Waals surface area contributed by atoms with Crippen molar-refractivity contribution in [2.75, 3.05) is 26.7 Å². The van der Waals surface area contributed by atoms with Crippen LogP contribution < -0.4 is 16.0 Å². The zero-order chi connectivity index (χ0) is 20.1. The summed E-state index contributed by atoms with van der Waals surface area (Å²) in [6.45, 7) is 0.762. The molecule has 0 fully saturated rings. The first kappa shape index (κ1) is 22.4. The first-order chi connectivity index (χ1) is 12.9. The van der Waals surface area contributed by atoms with Crippen LogP contribution >= 0.6 is 11.6 Å². The number of esters is 1. The lowest BCUT2D eigenvalue weighted by atomic mass is 10.2. The molecule has 0 atom stereocenters. The number of amides is 3. The van der Waals surface area contributed by atoms with E-state index in [0.717, 1.165) is 0 Å². The number of ether oxygens (including phenoxy) is 1. The SMILES string of the molecule is COC(=O)CCCNC(=O)CCNC(=O)CCNC(=O)c1ccc(Cl)cc1. The number of hydrogen-bond acceptors (Lipinski definition) is 5. The fourth-order valence-corrected chi connectivity index (χ4v) is 2.17. The summed E-state index contributed by atoms with van der Waals surface area (Å²) in [4.78, 5) is 46.0. The van der Waals surface area contributed by atoms with Gasteiger partial charge in [0, 0.05) is 49.5 Å². The Hall–Kier alpha value is -2.61. The molecule has 27 heavy (non-hydrogen) atoms. The molecule has 1 rings (SSSR count). The molecule has 0 aliphatic rings. The van der Waals surface area contributed by atoms with Gasteiger partial charge in [-0.05, 0) is 30.7 Å². The Morgan fingerprint density at radius 2 is 1.41 bits per heavy atom. The van der Waals surface area contributed by atoms with Gasteiger partial charge in [0.15, 0.2) is 0 Å². The third kappa shape index (κ3) is 10.2. The Labute approximate surface area is 163 Å². The van der Waals surface area contributed by atoms with Gasteiger partial charge in [-0.2, -0.15) is 0 Å². The summed E-state index contributed by atoms with van der Waals surface area (Å²) < 4.78 is 4.49. The Morgan fingerprint density at radius 3 is 2.00 bits per heavy atom. The molecule has 0 radical (unpaired) electrons.